The van der Waals surface area contributed by atoms with Crippen molar-refractivity contribution in [3.8, 4) is 5.75 Å². The van der Waals surface area contributed by atoms with Crippen molar-refractivity contribution in [1.82, 2.24) is 20.2 Å². The van der Waals surface area contributed by atoms with E-state index in [1.807, 2.05) is 20.8 Å². The topological polar surface area (TPSA) is 81.9 Å². The molecule has 2 aromatic rings. The van der Waals surface area contributed by atoms with Gasteiger partial charge in [0.15, 0.2) is 0 Å². The Balaban J connectivity index is 2.11. The van der Waals surface area contributed by atoms with Gasteiger partial charge in [0.25, 0.3) is 0 Å². The number of methoxy groups -OCH3 is 1. The first-order valence-corrected chi connectivity index (χ1v) is 8.58. The number of anilines is 1. The maximum Gasteiger partial charge on any atom is 0.237 e. The second-order valence-electron chi connectivity index (χ2n) is 6.14. The van der Waals surface area contributed by atoms with Gasteiger partial charge in [-0.2, -0.15) is 0 Å². The minimum atomic E-state index is -0.402. The monoisotopic (exact) mass is 369 g/mol. The molecule has 0 aliphatic rings. The number of aromatic nitrogens is 4. The molecule has 0 fully saturated rings. The molecule has 1 amide bonds. The van der Waals surface area contributed by atoms with Crippen molar-refractivity contribution in [2.45, 2.75) is 43.6 Å². The summed E-state index contributed by atoms with van der Waals surface area (Å²) in [7, 11) is 1.54. The molecule has 2 rings (SSSR count). The molecule has 0 radical (unpaired) electrons. The van der Waals surface area contributed by atoms with E-state index < -0.39 is 5.25 Å². The van der Waals surface area contributed by atoms with Crippen molar-refractivity contribution < 1.29 is 9.53 Å². The maximum absolute atomic E-state index is 12.5. The summed E-state index contributed by atoms with van der Waals surface area (Å²) in [5.41, 5.74) is 0.260. The van der Waals surface area contributed by atoms with Gasteiger partial charge in [-0.05, 0) is 56.3 Å². The zero-order chi connectivity index (χ0) is 17.9. The Labute approximate surface area is 150 Å². The van der Waals surface area contributed by atoms with E-state index in [1.165, 1.54) is 18.9 Å². The lowest BCUT2D eigenvalue weighted by Gasteiger charge is -2.20. The molecule has 1 aromatic heterocycles. The number of amides is 1. The standard InChI is InChI=1S/C15H20ClN5O2S/c1-9(24-14-18-19-20-21(14)15(2,3)4)13(22)17-11-8-10(16)6-7-12(11)23-5/h6-9H,1-5H3,(H,17,22)/t9-/m0/s1. The number of carbonyl (C=O) groups is 1. The summed E-state index contributed by atoms with van der Waals surface area (Å²) < 4.78 is 6.93. The van der Waals surface area contributed by atoms with Gasteiger partial charge in [-0.3, -0.25) is 4.79 Å². The van der Waals surface area contributed by atoms with Crippen LogP contribution in [0.25, 0.3) is 0 Å². The third-order valence-electron chi connectivity index (χ3n) is 3.15. The van der Waals surface area contributed by atoms with Gasteiger partial charge in [0.2, 0.25) is 11.1 Å². The van der Waals surface area contributed by atoms with Crippen molar-refractivity contribution in [2.75, 3.05) is 12.4 Å². The van der Waals surface area contributed by atoms with Gasteiger partial charge in [-0.25, -0.2) is 4.68 Å². The first-order chi connectivity index (χ1) is 11.2. The van der Waals surface area contributed by atoms with Gasteiger partial charge in [0.1, 0.15) is 5.75 Å². The molecule has 130 valence electrons. The molecule has 0 aliphatic heterocycles. The minimum absolute atomic E-state index is 0.191. The number of nitrogens with one attached hydrogen (secondary N) is 1. The van der Waals surface area contributed by atoms with E-state index in [2.05, 4.69) is 20.8 Å². The predicted octanol–water partition coefficient (Wildman–Crippen LogP) is 3.21. The summed E-state index contributed by atoms with van der Waals surface area (Å²) in [6, 6.07) is 5.05. The van der Waals surface area contributed by atoms with Gasteiger partial charge in [0.05, 0.1) is 23.6 Å². The summed E-state index contributed by atoms with van der Waals surface area (Å²) in [5, 5.41) is 15.2. The SMILES string of the molecule is COc1ccc(Cl)cc1NC(=O)[C@H](C)Sc1nnnn1C(C)(C)C. The Hall–Kier alpha value is -1.80. The molecule has 0 saturated carbocycles. The Kier molecular flexibility index (Phi) is 5.71. The van der Waals surface area contributed by atoms with Crippen molar-refractivity contribution in [1.29, 1.82) is 0 Å². The number of rotatable bonds is 5. The van der Waals surface area contributed by atoms with Crippen LogP contribution in [0.3, 0.4) is 0 Å². The Morgan fingerprint density at radius 3 is 2.75 bits per heavy atom. The van der Waals surface area contributed by atoms with Crippen LogP contribution in [-0.4, -0.2) is 38.5 Å². The van der Waals surface area contributed by atoms with E-state index in [9.17, 15) is 4.79 Å². The van der Waals surface area contributed by atoms with Crippen molar-refractivity contribution in [3.05, 3.63) is 23.2 Å². The van der Waals surface area contributed by atoms with Crippen LogP contribution >= 0.6 is 23.4 Å². The van der Waals surface area contributed by atoms with E-state index in [0.717, 1.165) is 0 Å². The number of nitrogens with zero attached hydrogens (tertiary/aromatic N) is 4. The van der Waals surface area contributed by atoms with Crippen LogP contribution in [-0.2, 0) is 10.3 Å². The van der Waals surface area contributed by atoms with Crippen LogP contribution in [0.5, 0.6) is 5.75 Å². The maximum atomic E-state index is 12.5. The van der Waals surface area contributed by atoms with E-state index >= 15 is 0 Å². The summed E-state index contributed by atoms with van der Waals surface area (Å²) >= 11 is 7.27. The smallest absolute Gasteiger partial charge is 0.237 e. The number of ether oxygens (including phenoxy) is 1. The van der Waals surface area contributed by atoms with Gasteiger partial charge >= 0.3 is 0 Å². The lowest BCUT2D eigenvalue weighted by molar-refractivity contribution is -0.115. The van der Waals surface area contributed by atoms with E-state index in [-0.39, 0.29) is 11.4 Å². The molecule has 1 heterocycles. The van der Waals surface area contributed by atoms with Crippen LogP contribution in [0.2, 0.25) is 5.02 Å². The highest BCUT2D eigenvalue weighted by Gasteiger charge is 2.24. The van der Waals surface area contributed by atoms with E-state index in [1.54, 1.807) is 29.8 Å². The Morgan fingerprint density at radius 2 is 2.12 bits per heavy atom. The van der Waals surface area contributed by atoms with Gasteiger partial charge in [-0.1, -0.05) is 23.4 Å². The highest BCUT2D eigenvalue weighted by molar-refractivity contribution is 8.00. The van der Waals surface area contributed by atoms with Crippen molar-refractivity contribution in [3.63, 3.8) is 0 Å². The van der Waals surface area contributed by atoms with Crippen molar-refractivity contribution >= 4 is 35.0 Å². The molecule has 0 aliphatic carbocycles. The number of benzene rings is 1. The summed E-state index contributed by atoms with van der Waals surface area (Å²) in [6.45, 7) is 7.78. The highest BCUT2D eigenvalue weighted by Crippen LogP contribution is 2.30. The van der Waals surface area contributed by atoms with Crippen molar-refractivity contribution in [2.24, 2.45) is 0 Å². The third-order valence-corrected chi connectivity index (χ3v) is 4.42. The van der Waals surface area contributed by atoms with Crippen LogP contribution in [0, 0.1) is 0 Å². The lowest BCUT2D eigenvalue weighted by atomic mass is 10.1. The van der Waals surface area contributed by atoms with Gasteiger partial charge in [-0.15, -0.1) is 5.10 Å². The van der Waals surface area contributed by atoms with Crippen LogP contribution < -0.4 is 10.1 Å². The second-order valence-corrected chi connectivity index (χ2v) is 7.88. The van der Waals surface area contributed by atoms with E-state index in [0.29, 0.717) is 21.6 Å². The Morgan fingerprint density at radius 1 is 1.42 bits per heavy atom. The van der Waals surface area contributed by atoms with Gasteiger partial charge in [0, 0.05) is 5.02 Å². The van der Waals surface area contributed by atoms with Crippen LogP contribution in [0.4, 0.5) is 5.69 Å². The molecule has 0 saturated heterocycles. The summed E-state index contributed by atoms with van der Waals surface area (Å²) in [4.78, 5) is 12.5. The van der Waals surface area contributed by atoms with Crippen LogP contribution in [0.15, 0.2) is 23.4 Å². The molecular formula is C15H20ClN5O2S. The fourth-order valence-corrected chi connectivity index (χ4v) is 3.05. The molecule has 7 nitrogen and oxygen atoms in total. The Bertz CT molecular complexity index is 729. The quantitative estimate of drug-likeness (QED) is 0.815. The molecular weight excluding hydrogens is 350 g/mol. The average Bonchev–Trinajstić information content (AvgIpc) is 2.95. The van der Waals surface area contributed by atoms with Crippen LogP contribution in [0.1, 0.15) is 27.7 Å². The minimum Gasteiger partial charge on any atom is -0.495 e. The number of thioether (sulfide) groups is 1. The lowest BCUT2D eigenvalue weighted by Crippen LogP contribution is -2.27. The second kappa shape index (κ2) is 7.40. The number of hydrogen-bond donors (Lipinski definition) is 1. The largest absolute Gasteiger partial charge is 0.495 e. The van der Waals surface area contributed by atoms with Gasteiger partial charge < -0.3 is 10.1 Å². The number of tetrazole rings is 1. The summed E-state index contributed by atoms with van der Waals surface area (Å²) in [6.07, 6.45) is 0. The average molecular weight is 370 g/mol. The molecule has 9 heteroatoms. The summed E-state index contributed by atoms with van der Waals surface area (Å²) in [5.74, 6) is 0.355. The predicted molar refractivity (Wildman–Crippen MR) is 94.8 cm³/mol. The number of halogens is 1. The third kappa shape index (κ3) is 4.39. The zero-order valence-corrected chi connectivity index (χ0v) is 15.8. The number of hydrogen-bond acceptors (Lipinski definition) is 6. The normalized spacial score (nSPS) is 12.8. The number of carbonyl (C=O) groups excluding carboxylic acids is 1. The molecule has 1 aromatic carbocycles. The highest BCUT2D eigenvalue weighted by atomic mass is 35.5. The molecule has 0 bridgehead atoms. The van der Waals surface area contributed by atoms with E-state index in [4.69, 9.17) is 16.3 Å². The fraction of sp³-hybridized carbons (Fsp3) is 0.467. The first-order valence-electron chi connectivity index (χ1n) is 7.32. The fourth-order valence-electron chi connectivity index (χ4n) is 1.90. The molecule has 1 N–H and O–H groups in total. The zero-order valence-electron chi connectivity index (χ0n) is 14.2. The molecule has 1 atom stereocenters. The molecule has 24 heavy (non-hydrogen) atoms. The molecule has 0 spiro atoms. The first kappa shape index (κ1) is 18.5. The molecule has 0 unspecified atom stereocenters.